The summed E-state index contributed by atoms with van der Waals surface area (Å²) in [5.74, 6) is -0.0334. The maximum atomic E-state index is 7.09. The topological polar surface area (TPSA) is 109 Å². The lowest BCUT2D eigenvalue weighted by atomic mass is 9.83. The van der Waals surface area contributed by atoms with Crippen molar-refractivity contribution in [2.75, 3.05) is 0 Å². The molecule has 8 nitrogen and oxygen atoms in total. The molecule has 7 rings (SSSR count). The molecule has 0 aromatic carbocycles. The van der Waals surface area contributed by atoms with Crippen molar-refractivity contribution >= 4 is 104 Å². The minimum absolute atomic E-state index is 0.0616. The van der Waals surface area contributed by atoms with Gasteiger partial charge in [-0.05, 0) is 36.4 Å². The van der Waals surface area contributed by atoms with E-state index < -0.39 is 25.9 Å². The van der Waals surface area contributed by atoms with Crippen molar-refractivity contribution in [2.24, 2.45) is 0 Å². The first-order valence-electron chi connectivity index (χ1n) is 10.3. The summed E-state index contributed by atoms with van der Waals surface area (Å²) >= 11 is 41.0. The molecule has 10 bridgehead atoms. The van der Waals surface area contributed by atoms with E-state index in [1.54, 1.807) is 36.4 Å². The van der Waals surface area contributed by atoms with E-state index in [-0.39, 0.29) is 15.9 Å². The van der Waals surface area contributed by atoms with Crippen LogP contribution in [-0.2, 0) is 0 Å². The molecular weight excluding hydrogens is 577 g/mol. The van der Waals surface area contributed by atoms with E-state index in [2.05, 4.69) is 34.9 Å². The van der Waals surface area contributed by atoms with E-state index >= 15 is 0 Å². The number of allylic oxidation sites excluding steroid dienone is 2. The van der Waals surface area contributed by atoms with Gasteiger partial charge in [-0.25, -0.2) is 29.9 Å². The Balaban J connectivity index is 1.58. The number of nitrogens with one attached hydrogen (secondary N) is 2. The van der Waals surface area contributed by atoms with Gasteiger partial charge in [-0.15, -0.1) is 23.2 Å². The predicted molar refractivity (Wildman–Crippen MR) is 137 cm³/mol. The first kappa shape index (κ1) is 22.3. The largest absolute Gasteiger partial charge is 0.325 e. The summed E-state index contributed by atoms with van der Waals surface area (Å²) in [5.41, 5.74) is 2.23. The predicted octanol–water partition coefficient (Wildman–Crippen LogP) is 5.78. The first-order chi connectivity index (χ1) is 16.6. The Hall–Kier alpha value is -1.94. The van der Waals surface area contributed by atoms with Crippen LogP contribution in [0.15, 0.2) is 34.3 Å². The van der Waals surface area contributed by atoms with Gasteiger partial charge in [0.1, 0.15) is 44.0 Å². The molecule has 0 spiro atoms. The minimum atomic E-state index is -1.77. The van der Waals surface area contributed by atoms with Crippen molar-refractivity contribution in [2.45, 2.75) is 25.9 Å². The van der Waals surface area contributed by atoms with Crippen LogP contribution in [0.25, 0.3) is 34.7 Å². The molecule has 0 saturated heterocycles. The average Bonchev–Trinajstić information content (AvgIpc) is 3.62. The summed E-state index contributed by atoms with van der Waals surface area (Å²) in [6.45, 7) is 0. The molecule has 3 aromatic rings. The molecule has 3 aromatic heterocycles. The van der Waals surface area contributed by atoms with Crippen LogP contribution in [0.3, 0.4) is 0 Å². The highest BCUT2D eigenvalue weighted by molar-refractivity contribution is 6.66. The molecule has 4 atom stereocenters. The number of aromatic amines is 2. The van der Waals surface area contributed by atoms with Gasteiger partial charge in [0.05, 0.1) is 21.9 Å². The second-order valence-electron chi connectivity index (χ2n) is 8.48. The highest BCUT2D eigenvalue weighted by Gasteiger charge is 2.84. The van der Waals surface area contributed by atoms with E-state index in [1.165, 1.54) is 0 Å². The molecular formula is C21H10Cl6N8. The second-order valence-corrected chi connectivity index (χ2v) is 11.8. The van der Waals surface area contributed by atoms with Gasteiger partial charge >= 0.3 is 0 Å². The van der Waals surface area contributed by atoms with Crippen molar-refractivity contribution in [3.8, 4) is 0 Å². The third kappa shape index (κ3) is 2.73. The number of rotatable bonds is 0. The van der Waals surface area contributed by atoms with Crippen LogP contribution in [0.5, 0.6) is 0 Å². The molecule has 2 aliphatic carbocycles. The van der Waals surface area contributed by atoms with Crippen molar-refractivity contribution in [1.29, 1.82) is 0 Å². The molecule has 0 amide bonds. The summed E-state index contributed by atoms with van der Waals surface area (Å²) in [7, 11) is 0. The zero-order chi connectivity index (χ0) is 24.3. The fraction of sp³-hybridized carbons (Fsp3) is 0.238. The van der Waals surface area contributed by atoms with E-state index in [9.17, 15) is 0 Å². The third-order valence-corrected chi connectivity index (χ3v) is 10.8. The molecule has 1 fully saturated rings. The van der Waals surface area contributed by atoms with Crippen LogP contribution in [0.2, 0.25) is 0 Å². The Morgan fingerprint density at radius 1 is 0.571 bits per heavy atom. The number of fused-ring (bicyclic) bond motifs is 15. The highest BCUT2D eigenvalue weighted by Crippen LogP contribution is 2.80. The summed E-state index contributed by atoms with van der Waals surface area (Å²) < 4.78 is -1.77. The summed E-state index contributed by atoms with van der Waals surface area (Å²) in [5, 5.41) is 0.126. The van der Waals surface area contributed by atoms with Gasteiger partial charge in [-0.2, -0.15) is 0 Å². The zero-order valence-corrected chi connectivity index (χ0v) is 21.6. The smallest absolute Gasteiger partial charge is 0.167 e. The van der Waals surface area contributed by atoms with Crippen LogP contribution in [0.4, 0.5) is 0 Å². The second kappa shape index (κ2) is 7.09. The molecule has 14 heteroatoms. The first-order valence-corrected chi connectivity index (χ1v) is 12.6. The lowest BCUT2D eigenvalue weighted by molar-refractivity contribution is 0.532. The monoisotopic (exact) mass is 584 g/mol. The van der Waals surface area contributed by atoms with Crippen molar-refractivity contribution < 1.29 is 0 Å². The highest BCUT2D eigenvalue weighted by atomic mass is 35.5. The maximum Gasteiger partial charge on any atom is 0.167 e. The fourth-order valence-corrected chi connectivity index (χ4v) is 7.99. The molecule has 176 valence electrons. The molecule has 4 unspecified atom stereocenters. The van der Waals surface area contributed by atoms with Crippen molar-refractivity contribution in [3.63, 3.8) is 0 Å². The summed E-state index contributed by atoms with van der Waals surface area (Å²) in [4.78, 5) is 30.6. The average molecular weight is 587 g/mol. The van der Waals surface area contributed by atoms with Crippen LogP contribution in [-0.4, -0.2) is 54.0 Å². The Bertz CT molecular complexity index is 1670. The zero-order valence-electron chi connectivity index (χ0n) is 17.1. The fourth-order valence-electron chi connectivity index (χ4n) is 5.05. The molecule has 35 heavy (non-hydrogen) atoms. The molecule has 2 N–H and O–H groups in total. The number of nitrogens with zero attached hydrogens (tertiary/aromatic N) is 6. The van der Waals surface area contributed by atoms with Gasteiger partial charge in [0.15, 0.2) is 16.0 Å². The summed E-state index contributed by atoms with van der Waals surface area (Å²) in [6, 6.07) is 7.14. The quantitative estimate of drug-likeness (QED) is 0.253. The van der Waals surface area contributed by atoms with E-state index in [0.717, 1.165) is 0 Å². The Kier molecular flexibility index (Phi) is 4.51. The SMILES string of the molecule is ClC1=C(Cl)C2(Cl)C3c4nc(nc5nc(nc6ccc(nc7ccc(n4)[nH]7)[nH]6)C=C5)C3C1(Cl)C2(Cl)Cl. The van der Waals surface area contributed by atoms with Crippen LogP contribution >= 0.6 is 69.6 Å². The van der Waals surface area contributed by atoms with E-state index in [0.29, 0.717) is 40.1 Å². The number of hydrogen-bond donors (Lipinski definition) is 2. The lowest BCUT2D eigenvalue weighted by Gasteiger charge is -2.32. The number of alkyl halides is 4. The summed E-state index contributed by atoms with van der Waals surface area (Å²) in [6.07, 6.45) is 3.43. The van der Waals surface area contributed by atoms with Crippen LogP contribution in [0, 0.1) is 0 Å². The molecule has 0 radical (unpaired) electrons. The standard InChI is InChI=1S/C21H10Cl6N8/c22-15-16(23)20(25)14-13(19(15,24)21(20,26)27)17-33-11-5-3-9(31-11)29-7-1-2-8(28-7)30-10-4-6-12(32-10)34-18(14)35-17/h1-6,13-14H,(H2,28,29,30,31,32,33,34,35). The van der Waals surface area contributed by atoms with E-state index in [1.807, 2.05) is 0 Å². The molecule has 1 saturated carbocycles. The number of aromatic nitrogens is 8. The lowest BCUT2D eigenvalue weighted by Crippen LogP contribution is -2.45. The van der Waals surface area contributed by atoms with E-state index in [4.69, 9.17) is 74.6 Å². The molecule has 4 aliphatic rings. The number of halogens is 6. The number of H-pyrrole nitrogens is 2. The van der Waals surface area contributed by atoms with Gasteiger partial charge in [0.25, 0.3) is 0 Å². The minimum Gasteiger partial charge on any atom is -0.325 e. The van der Waals surface area contributed by atoms with Crippen molar-refractivity contribution in [1.82, 2.24) is 39.9 Å². The normalized spacial score (nSPS) is 30.2. The Morgan fingerprint density at radius 2 is 1.03 bits per heavy atom. The van der Waals surface area contributed by atoms with Gasteiger partial charge in [0, 0.05) is 0 Å². The number of hydrogen-bond acceptors (Lipinski definition) is 6. The molecule has 2 aliphatic heterocycles. The molecule has 5 heterocycles. The van der Waals surface area contributed by atoms with Gasteiger partial charge in [0.2, 0.25) is 0 Å². The maximum absolute atomic E-state index is 7.09. The van der Waals surface area contributed by atoms with Crippen molar-refractivity contribution in [3.05, 3.63) is 57.6 Å². The Morgan fingerprint density at radius 3 is 1.60 bits per heavy atom. The van der Waals surface area contributed by atoms with Gasteiger partial charge in [-0.3, -0.25) is 0 Å². The van der Waals surface area contributed by atoms with Gasteiger partial charge < -0.3 is 9.97 Å². The Labute approximate surface area is 226 Å². The third-order valence-electron chi connectivity index (χ3n) is 6.58. The van der Waals surface area contributed by atoms with Crippen LogP contribution < -0.4 is 0 Å². The van der Waals surface area contributed by atoms with Gasteiger partial charge in [-0.1, -0.05) is 46.4 Å². The van der Waals surface area contributed by atoms with Crippen LogP contribution in [0.1, 0.15) is 35.1 Å².